The second-order valence-corrected chi connectivity index (χ2v) is 2.77. The van der Waals surface area contributed by atoms with Gasteiger partial charge in [-0.05, 0) is 18.0 Å². The maximum absolute atomic E-state index is 11.4. The number of carbonyl (C=O) groups is 1. The number of carbonyl (C=O) groups excluding carboxylic acids is 1. The molecule has 1 unspecified atom stereocenters. The molecule has 5 heteroatoms. The molecule has 0 aliphatic rings. The van der Waals surface area contributed by atoms with Crippen molar-refractivity contribution in [1.82, 2.24) is 0 Å². The Labute approximate surface area is 87.3 Å². The molecule has 1 aromatic carbocycles. The Bertz CT molecular complexity index is 372. The van der Waals surface area contributed by atoms with Crippen molar-refractivity contribution >= 4 is 5.97 Å². The van der Waals surface area contributed by atoms with E-state index in [0.29, 0.717) is 5.56 Å². The lowest BCUT2D eigenvalue weighted by Gasteiger charge is -2.09. The molecule has 0 bridgehead atoms. The van der Waals surface area contributed by atoms with Gasteiger partial charge in [0.25, 0.3) is 0 Å². The molecular weight excluding hydrogens is 194 g/mol. The molecule has 0 amide bonds. The van der Waals surface area contributed by atoms with Crippen molar-refractivity contribution in [1.29, 1.82) is 0 Å². The maximum Gasteiger partial charge on any atom is 0.319 e. The summed E-state index contributed by atoms with van der Waals surface area (Å²) in [6, 6.07) is 7.91. The Morgan fingerprint density at radius 2 is 2.20 bits per heavy atom. The van der Waals surface area contributed by atoms with Crippen molar-refractivity contribution in [2.45, 2.75) is 13.0 Å². The molecule has 1 rings (SSSR count). The first-order valence-corrected chi connectivity index (χ1v) is 4.55. The third-order valence-electron chi connectivity index (χ3n) is 1.79. The monoisotopic (exact) mass is 205 g/mol. The van der Waals surface area contributed by atoms with Gasteiger partial charge in [0.1, 0.15) is 0 Å². The summed E-state index contributed by atoms with van der Waals surface area (Å²) < 4.78 is 4.81. The van der Waals surface area contributed by atoms with Crippen LogP contribution >= 0.6 is 0 Å². The Morgan fingerprint density at radius 3 is 2.73 bits per heavy atom. The van der Waals surface area contributed by atoms with Gasteiger partial charge in [0, 0.05) is 4.91 Å². The molecule has 0 aliphatic heterocycles. The Morgan fingerprint density at radius 1 is 1.53 bits per heavy atom. The van der Waals surface area contributed by atoms with E-state index in [0.717, 1.165) is 0 Å². The van der Waals surface area contributed by atoms with Crippen LogP contribution in [-0.2, 0) is 9.53 Å². The minimum absolute atomic E-state index is 0.267. The zero-order valence-electron chi connectivity index (χ0n) is 8.33. The van der Waals surface area contributed by atoms with Gasteiger partial charge >= 0.3 is 5.97 Å². The average Bonchev–Trinajstić information content (AvgIpc) is 2.27. The first kappa shape index (κ1) is 11.1. The fourth-order valence-corrected chi connectivity index (χ4v) is 1.16. The fraction of sp³-hybridized carbons (Fsp3) is 0.300. The molecule has 15 heavy (non-hydrogen) atoms. The third kappa shape index (κ3) is 3.00. The first-order chi connectivity index (χ1) is 7.29. The molecule has 0 radical (unpaired) electrons. The van der Waals surface area contributed by atoms with Gasteiger partial charge in [0.05, 0.1) is 6.61 Å². The summed E-state index contributed by atoms with van der Waals surface area (Å²) in [7, 11) is 0. The number of azide groups is 1. The van der Waals surface area contributed by atoms with Crippen LogP contribution in [0.2, 0.25) is 0 Å². The molecule has 0 saturated heterocycles. The van der Waals surface area contributed by atoms with Crippen molar-refractivity contribution in [3.63, 3.8) is 0 Å². The SMILES string of the molecule is CCOC(=O)C(N=[N+]=[N-])c1ccccc1. The highest BCUT2D eigenvalue weighted by molar-refractivity contribution is 5.77. The van der Waals surface area contributed by atoms with E-state index in [1.165, 1.54) is 0 Å². The fourth-order valence-electron chi connectivity index (χ4n) is 1.16. The quantitative estimate of drug-likeness (QED) is 0.328. The van der Waals surface area contributed by atoms with Gasteiger partial charge in [-0.1, -0.05) is 35.4 Å². The number of ether oxygens (including phenoxy) is 1. The lowest BCUT2D eigenvalue weighted by Crippen LogP contribution is -2.13. The van der Waals surface area contributed by atoms with E-state index in [2.05, 4.69) is 10.0 Å². The predicted octanol–water partition coefficient (Wildman–Crippen LogP) is 2.60. The van der Waals surface area contributed by atoms with Gasteiger partial charge in [-0.2, -0.15) is 0 Å². The number of nitrogens with zero attached hydrogens (tertiary/aromatic N) is 3. The van der Waals surface area contributed by atoms with Crippen LogP contribution in [0.4, 0.5) is 0 Å². The highest BCUT2D eigenvalue weighted by Gasteiger charge is 2.19. The summed E-state index contributed by atoms with van der Waals surface area (Å²) in [5.41, 5.74) is 9.00. The molecule has 0 fully saturated rings. The smallest absolute Gasteiger partial charge is 0.319 e. The van der Waals surface area contributed by atoms with E-state index in [1.807, 2.05) is 6.07 Å². The molecule has 1 aromatic rings. The second-order valence-electron chi connectivity index (χ2n) is 2.77. The van der Waals surface area contributed by atoms with E-state index in [-0.39, 0.29) is 6.61 Å². The van der Waals surface area contributed by atoms with Gasteiger partial charge in [-0.25, -0.2) is 0 Å². The van der Waals surface area contributed by atoms with E-state index in [4.69, 9.17) is 10.3 Å². The summed E-state index contributed by atoms with van der Waals surface area (Å²) in [5, 5.41) is 3.42. The van der Waals surface area contributed by atoms with Crippen LogP contribution in [0, 0.1) is 0 Å². The van der Waals surface area contributed by atoms with Gasteiger partial charge in [-0.15, -0.1) is 0 Å². The highest BCUT2D eigenvalue weighted by atomic mass is 16.5. The largest absolute Gasteiger partial charge is 0.465 e. The topological polar surface area (TPSA) is 75.1 Å². The molecule has 78 valence electrons. The Kier molecular flexibility index (Phi) is 4.19. The van der Waals surface area contributed by atoms with Crippen LogP contribution in [0.15, 0.2) is 35.4 Å². The van der Waals surface area contributed by atoms with Crippen LogP contribution in [0.1, 0.15) is 18.5 Å². The molecule has 0 aliphatic carbocycles. The zero-order chi connectivity index (χ0) is 11.1. The predicted molar refractivity (Wildman–Crippen MR) is 55.0 cm³/mol. The van der Waals surface area contributed by atoms with Crippen molar-refractivity contribution in [2.24, 2.45) is 5.11 Å². The van der Waals surface area contributed by atoms with Crippen molar-refractivity contribution in [3.8, 4) is 0 Å². The van der Waals surface area contributed by atoms with Crippen molar-refractivity contribution in [2.75, 3.05) is 6.61 Å². The standard InChI is InChI=1S/C10H11N3O2/c1-2-15-10(14)9(12-13-11)8-6-4-3-5-7-8/h3-7,9H,2H2,1H3. The van der Waals surface area contributed by atoms with E-state index < -0.39 is 12.0 Å². The summed E-state index contributed by atoms with van der Waals surface area (Å²) in [6.45, 7) is 1.97. The minimum Gasteiger partial charge on any atom is -0.465 e. The molecule has 1 atom stereocenters. The van der Waals surface area contributed by atoms with E-state index >= 15 is 0 Å². The molecular formula is C10H11N3O2. The summed E-state index contributed by atoms with van der Waals surface area (Å²) in [6.07, 6.45) is 0. The lowest BCUT2D eigenvalue weighted by molar-refractivity contribution is -0.144. The number of hydrogen-bond acceptors (Lipinski definition) is 3. The van der Waals surface area contributed by atoms with Crippen molar-refractivity contribution in [3.05, 3.63) is 46.3 Å². The van der Waals surface area contributed by atoms with Crippen LogP contribution in [-0.4, -0.2) is 12.6 Å². The number of benzene rings is 1. The molecule has 0 N–H and O–H groups in total. The van der Waals surface area contributed by atoms with Crippen LogP contribution in [0.3, 0.4) is 0 Å². The summed E-state index contributed by atoms with van der Waals surface area (Å²) >= 11 is 0. The van der Waals surface area contributed by atoms with Crippen LogP contribution in [0.5, 0.6) is 0 Å². The summed E-state index contributed by atoms with van der Waals surface area (Å²) in [5.74, 6) is -0.526. The van der Waals surface area contributed by atoms with Crippen LogP contribution < -0.4 is 0 Å². The maximum atomic E-state index is 11.4. The lowest BCUT2D eigenvalue weighted by atomic mass is 10.1. The molecule has 5 nitrogen and oxygen atoms in total. The van der Waals surface area contributed by atoms with Crippen molar-refractivity contribution < 1.29 is 9.53 Å². The normalized spacial score (nSPS) is 11.3. The molecule has 0 spiro atoms. The Hall–Kier alpha value is -2.00. The summed E-state index contributed by atoms with van der Waals surface area (Å²) in [4.78, 5) is 14.1. The minimum atomic E-state index is -0.892. The zero-order valence-corrected chi connectivity index (χ0v) is 8.33. The second kappa shape index (κ2) is 5.67. The van der Waals surface area contributed by atoms with Gasteiger partial charge < -0.3 is 4.74 Å². The van der Waals surface area contributed by atoms with Gasteiger partial charge in [0.15, 0.2) is 6.04 Å². The number of hydrogen-bond donors (Lipinski definition) is 0. The van der Waals surface area contributed by atoms with E-state index in [1.54, 1.807) is 31.2 Å². The van der Waals surface area contributed by atoms with Gasteiger partial charge in [0.2, 0.25) is 0 Å². The van der Waals surface area contributed by atoms with Crippen LogP contribution in [0.25, 0.3) is 10.4 Å². The van der Waals surface area contributed by atoms with Gasteiger partial charge in [-0.3, -0.25) is 4.79 Å². The third-order valence-corrected chi connectivity index (χ3v) is 1.79. The molecule has 0 saturated carbocycles. The molecule has 0 heterocycles. The first-order valence-electron chi connectivity index (χ1n) is 4.55. The number of rotatable bonds is 4. The average molecular weight is 205 g/mol. The number of esters is 1. The Balaban J connectivity index is 2.93. The molecule has 0 aromatic heterocycles. The highest BCUT2D eigenvalue weighted by Crippen LogP contribution is 2.18. The van der Waals surface area contributed by atoms with E-state index in [9.17, 15) is 4.79 Å².